The minimum Gasteiger partial charge on any atom is -0.383 e. The van der Waals surface area contributed by atoms with Gasteiger partial charge in [0.1, 0.15) is 0 Å². The van der Waals surface area contributed by atoms with Crippen molar-refractivity contribution >= 4 is 0 Å². The van der Waals surface area contributed by atoms with E-state index in [2.05, 4.69) is 19.2 Å². The van der Waals surface area contributed by atoms with E-state index in [-0.39, 0.29) is 0 Å². The van der Waals surface area contributed by atoms with Gasteiger partial charge in [0.05, 0.1) is 6.61 Å². The van der Waals surface area contributed by atoms with Crippen molar-refractivity contribution < 1.29 is 4.74 Å². The third-order valence-corrected chi connectivity index (χ3v) is 2.08. The molecule has 0 radical (unpaired) electrons. The lowest BCUT2D eigenvalue weighted by Crippen LogP contribution is -2.21. The smallest absolute Gasteiger partial charge is 0.0587 e. The second-order valence-electron chi connectivity index (χ2n) is 3.43. The maximum atomic E-state index is 4.93. The van der Waals surface area contributed by atoms with Crippen LogP contribution in [0.25, 0.3) is 0 Å². The van der Waals surface area contributed by atoms with Crippen LogP contribution in [0.1, 0.15) is 33.1 Å². The van der Waals surface area contributed by atoms with Crippen LogP contribution in [0.5, 0.6) is 0 Å². The van der Waals surface area contributed by atoms with Crippen molar-refractivity contribution in [2.75, 3.05) is 26.8 Å². The molecule has 2 heteroatoms. The summed E-state index contributed by atoms with van der Waals surface area (Å²) < 4.78 is 4.93. The number of hydrogen-bond donors (Lipinski definition) is 1. The van der Waals surface area contributed by atoms with Crippen LogP contribution in [-0.2, 0) is 4.74 Å². The number of rotatable bonds is 8. The van der Waals surface area contributed by atoms with Crippen LogP contribution >= 0.6 is 0 Å². The van der Waals surface area contributed by atoms with Gasteiger partial charge in [-0.25, -0.2) is 0 Å². The van der Waals surface area contributed by atoms with Gasteiger partial charge in [-0.15, -0.1) is 0 Å². The van der Waals surface area contributed by atoms with E-state index in [0.717, 1.165) is 25.6 Å². The summed E-state index contributed by atoms with van der Waals surface area (Å²) in [5, 5.41) is 3.35. The molecule has 0 saturated heterocycles. The molecular weight excluding hydrogens is 150 g/mol. The lowest BCUT2D eigenvalue weighted by molar-refractivity contribution is 0.199. The molecule has 0 fully saturated rings. The van der Waals surface area contributed by atoms with Gasteiger partial charge >= 0.3 is 0 Å². The summed E-state index contributed by atoms with van der Waals surface area (Å²) in [5.74, 6) is 0.866. The van der Waals surface area contributed by atoms with Crippen LogP contribution in [-0.4, -0.2) is 26.8 Å². The average Bonchev–Trinajstić information content (AvgIpc) is 2.05. The minimum atomic E-state index is 0.822. The van der Waals surface area contributed by atoms with Crippen molar-refractivity contribution in [1.29, 1.82) is 0 Å². The van der Waals surface area contributed by atoms with Gasteiger partial charge < -0.3 is 10.1 Å². The highest BCUT2D eigenvalue weighted by Gasteiger charge is 1.98. The van der Waals surface area contributed by atoms with Gasteiger partial charge in [0.25, 0.3) is 0 Å². The molecule has 1 unspecified atom stereocenters. The molecule has 1 atom stereocenters. The molecule has 0 spiro atoms. The monoisotopic (exact) mass is 173 g/mol. The lowest BCUT2D eigenvalue weighted by atomic mass is 10.0. The number of hydrogen-bond acceptors (Lipinski definition) is 2. The third-order valence-electron chi connectivity index (χ3n) is 2.08. The first kappa shape index (κ1) is 11.9. The fourth-order valence-electron chi connectivity index (χ4n) is 1.28. The number of methoxy groups -OCH3 is 1. The van der Waals surface area contributed by atoms with E-state index in [0.29, 0.717) is 0 Å². The fourth-order valence-corrected chi connectivity index (χ4v) is 1.28. The molecule has 0 aliphatic heterocycles. The number of nitrogens with one attached hydrogen (secondary N) is 1. The Morgan fingerprint density at radius 2 is 2.00 bits per heavy atom. The van der Waals surface area contributed by atoms with Crippen molar-refractivity contribution in [2.24, 2.45) is 5.92 Å². The second-order valence-corrected chi connectivity index (χ2v) is 3.43. The van der Waals surface area contributed by atoms with Gasteiger partial charge in [-0.1, -0.05) is 26.7 Å². The van der Waals surface area contributed by atoms with Gasteiger partial charge in [0.2, 0.25) is 0 Å². The maximum Gasteiger partial charge on any atom is 0.0587 e. The minimum absolute atomic E-state index is 0.822. The molecule has 0 aliphatic rings. The first-order valence-corrected chi connectivity index (χ1v) is 5.00. The topological polar surface area (TPSA) is 21.3 Å². The molecular formula is C10H23NO. The van der Waals surface area contributed by atoms with E-state index < -0.39 is 0 Å². The average molecular weight is 173 g/mol. The highest BCUT2D eigenvalue weighted by atomic mass is 16.5. The molecule has 0 aromatic heterocycles. The molecule has 0 amide bonds. The zero-order valence-electron chi connectivity index (χ0n) is 8.73. The van der Waals surface area contributed by atoms with Crippen molar-refractivity contribution in [3.8, 4) is 0 Å². The first-order chi connectivity index (χ1) is 5.81. The summed E-state index contributed by atoms with van der Waals surface area (Å²) in [5.41, 5.74) is 0. The summed E-state index contributed by atoms with van der Waals surface area (Å²) >= 11 is 0. The summed E-state index contributed by atoms with van der Waals surface area (Å²) in [7, 11) is 1.74. The molecule has 12 heavy (non-hydrogen) atoms. The predicted octanol–water partition coefficient (Wildman–Crippen LogP) is 2.05. The number of ether oxygens (including phenoxy) is 1. The van der Waals surface area contributed by atoms with E-state index in [1.54, 1.807) is 7.11 Å². The Morgan fingerprint density at radius 3 is 2.58 bits per heavy atom. The molecule has 0 aromatic rings. The molecule has 0 bridgehead atoms. The summed E-state index contributed by atoms with van der Waals surface area (Å²) in [4.78, 5) is 0. The molecule has 0 aliphatic carbocycles. The maximum absolute atomic E-state index is 4.93. The molecule has 2 nitrogen and oxygen atoms in total. The highest BCUT2D eigenvalue weighted by molar-refractivity contribution is 4.54. The van der Waals surface area contributed by atoms with E-state index in [1.807, 2.05) is 0 Å². The van der Waals surface area contributed by atoms with Crippen LogP contribution in [0.3, 0.4) is 0 Å². The van der Waals surface area contributed by atoms with Gasteiger partial charge in [0.15, 0.2) is 0 Å². The van der Waals surface area contributed by atoms with Crippen LogP contribution in [0, 0.1) is 5.92 Å². The Morgan fingerprint density at radius 1 is 1.25 bits per heavy atom. The Hall–Kier alpha value is -0.0800. The second kappa shape index (κ2) is 9.01. The van der Waals surface area contributed by atoms with Crippen molar-refractivity contribution in [3.05, 3.63) is 0 Å². The summed E-state index contributed by atoms with van der Waals surface area (Å²) in [6, 6.07) is 0. The Balaban J connectivity index is 2.97. The van der Waals surface area contributed by atoms with Gasteiger partial charge in [0, 0.05) is 13.7 Å². The normalized spacial score (nSPS) is 13.2. The summed E-state index contributed by atoms with van der Waals surface area (Å²) in [6.07, 6.45) is 3.95. The molecule has 1 N–H and O–H groups in total. The molecule has 74 valence electrons. The van der Waals surface area contributed by atoms with Crippen LogP contribution in [0.4, 0.5) is 0 Å². The van der Waals surface area contributed by atoms with Crippen LogP contribution in [0.15, 0.2) is 0 Å². The molecule has 0 rings (SSSR count). The van der Waals surface area contributed by atoms with Crippen LogP contribution in [0.2, 0.25) is 0 Å². The zero-order valence-corrected chi connectivity index (χ0v) is 8.73. The third kappa shape index (κ3) is 8.02. The Labute approximate surface area is 76.7 Å². The molecule has 0 aromatic carbocycles. The first-order valence-electron chi connectivity index (χ1n) is 5.00. The zero-order chi connectivity index (χ0) is 9.23. The predicted molar refractivity (Wildman–Crippen MR) is 53.4 cm³/mol. The van der Waals surface area contributed by atoms with Crippen molar-refractivity contribution in [3.63, 3.8) is 0 Å². The van der Waals surface area contributed by atoms with E-state index in [1.165, 1.54) is 19.3 Å². The highest BCUT2D eigenvalue weighted by Crippen LogP contribution is 2.07. The lowest BCUT2D eigenvalue weighted by Gasteiger charge is -2.09. The van der Waals surface area contributed by atoms with E-state index >= 15 is 0 Å². The Bertz CT molecular complexity index is 85.9. The summed E-state index contributed by atoms with van der Waals surface area (Å²) in [6.45, 7) is 7.50. The van der Waals surface area contributed by atoms with Crippen molar-refractivity contribution in [1.82, 2.24) is 5.32 Å². The Kier molecular flexibility index (Phi) is 8.95. The van der Waals surface area contributed by atoms with Gasteiger partial charge in [-0.05, 0) is 18.9 Å². The SMILES string of the molecule is CCCC(C)CCNCCOC. The largest absolute Gasteiger partial charge is 0.383 e. The van der Waals surface area contributed by atoms with E-state index in [9.17, 15) is 0 Å². The fraction of sp³-hybridized carbons (Fsp3) is 1.00. The molecule has 0 heterocycles. The molecule has 0 saturated carbocycles. The quantitative estimate of drug-likeness (QED) is 0.567. The van der Waals surface area contributed by atoms with Crippen molar-refractivity contribution in [2.45, 2.75) is 33.1 Å². The van der Waals surface area contributed by atoms with Crippen LogP contribution < -0.4 is 5.32 Å². The standard InChI is InChI=1S/C10H23NO/c1-4-5-10(2)6-7-11-8-9-12-3/h10-11H,4-9H2,1-3H3. The van der Waals surface area contributed by atoms with Gasteiger partial charge in [-0.2, -0.15) is 0 Å². The van der Waals surface area contributed by atoms with E-state index in [4.69, 9.17) is 4.74 Å². The van der Waals surface area contributed by atoms with Gasteiger partial charge in [-0.3, -0.25) is 0 Å².